The minimum Gasteiger partial charge on any atom is -0.352 e. The number of carbonyl (C=O) groups excluding carboxylic acids is 2. The summed E-state index contributed by atoms with van der Waals surface area (Å²) in [5.41, 5.74) is 0.588. The maximum Gasteiger partial charge on any atom is 0.251 e. The average molecular weight is 364 g/mol. The van der Waals surface area contributed by atoms with Gasteiger partial charge in [-0.15, -0.1) is 0 Å². The van der Waals surface area contributed by atoms with E-state index in [2.05, 4.69) is 10.2 Å². The van der Waals surface area contributed by atoms with Crippen molar-refractivity contribution in [1.29, 1.82) is 0 Å². The fourth-order valence-electron chi connectivity index (χ4n) is 3.74. The van der Waals surface area contributed by atoms with Crippen LogP contribution in [0.2, 0.25) is 5.02 Å². The van der Waals surface area contributed by atoms with E-state index in [1.54, 1.807) is 24.3 Å². The van der Waals surface area contributed by atoms with Crippen LogP contribution >= 0.6 is 11.6 Å². The molecule has 6 heteroatoms. The Morgan fingerprint density at radius 2 is 1.88 bits per heavy atom. The van der Waals surface area contributed by atoms with Gasteiger partial charge < -0.3 is 10.2 Å². The molecule has 5 nitrogen and oxygen atoms in total. The number of fused-ring (bicyclic) bond motifs is 1. The first kappa shape index (κ1) is 18.2. The SMILES string of the molecule is O=C(NCCCC(=O)N1CCCN2CCC[C@H]2C1)c1ccc(Cl)cc1. The zero-order valence-corrected chi connectivity index (χ0v) is 15.3. The number of hydrogen-bond donors (Lipinski definition) is 1. The van der Waals surface area contributed by atoms with E-state index in [1.165, 1.54) is 19.4 Å². The molecule has 0 spiro atoms. The van der Waals surface area contributed by atoms with Crippen LogP contribution in [0.25, 0.3) is 0 Å². The van der Waals surface area contributed by atoms with Crippen molar-refractivity contribution in [1.82, 2.24) is 15.1 Å². The molecule has 1 N–H and O–H groups in total. The van der Waals surface area contributed by atoms with Gasteiger partial charge in [0.25, 0.3) is 5.91 Å². The highest BCUT2D eigenvalue weighted by atomic mass is 35.5. The zero-order chi connectivity index (χ0) is 17.6. The van der Waals surface area contributed by atoms with Crippen molar-refractivity contribution in [3.8, 4) is 0 Å². The molecule has 0 saturated carbocycles. The van der Waals surface area contributed by atoms with Gasteiger partial charge in [-0.1, -0.05) is 11.6 Å². The maximum atomic E-state index is 12.5. The first-order valence-corrected chi connectivity index (χ1v) is 9.57. The van der Waals surface area contributed by atoms with Crippen LogP contribution in [0, 0.1) is 0 Å². The van der Waals surface area contributed by atoms with Crippen molar-refractivity contribution in [2.24, 2.45) is 0 Å². The summed E-state index contributed by atoms with van der Waals surface area (Å²) >= 11 is 5.82. The Morgan fingerprint density at radius 1 is 1.12 bits per heavy atom. The minimum absolute atomic E-state index is 0.125. The van der Waals surface area contributed by atoms with Crippen LogP contribution in [0.4, 0.5) is 0 Å². The number of nitrogens with one attached hydrogen (secondary N) is 1. The molecule has 0 aromatic heterocycles. The Bertz CT molecular complexity index is 605. The second-order valence-corrected chi connectivity index (χ2v) is 7.33. The molecule has 136 valence electrons. The molecule has 0 aliphatic carbocycles. The summed E-state index contributed by atoms with van der Waals surface area (Å²) in [7, 11) is 0. The topological polar surface area (TPSA) is 52.7 Å². The summed E-state index contributed by atoms with van der Waals surface area (Å²) in [6.45, 7) is 4.55. The van der Waals surface area contributed by atoms with Gasteiger partial charge in [0, 0.05) is 49.2 Å². The van der Waals surface area contributed by atoms with E-state index in [-0.39, 0.29) is 11.8 Å². The molecule has 2 saturated heterocycles. The molecule has 2 fully saturated rings. The Hall–Kier alpha value is -1.59. The summed E-state index contributed by atoms with van der Waals surface area (Å²) in [4.78, 5) is 29.0. The lowest BCUT2D eigenvalue weighted by Gasteiger charge is -2.25. The number of nitrogens with zero attached hydrogens (tertiary/aromatic N) is 2. The van der Waals surface area contributed by atoms with E-state index in [0.29, 0.717) is 36.0 Å². The van der Waals surface area contributed by atoms with Crippen LogP contribution in [0.3, 0.4) is 0 Å². The van der Waals surface area contributed by atoms with Crippen molar-refractivity contribution in [3.63, 3.8) is 0 Å². The first-order valence-electron chi connectivity index (χ1n) is 9.19. The number of amides is 2. The number of benzene rings is 1. The van der Waals surface area contributed by atoms with Crippen molar-refractivity contribution >= 4 is 23.4 Å². The molecule has 2 aliphatic heterocycles. The highest BCUT2D eigenvalue weighted by Gasteiger charge is 2.30. The molecule has 2 amide bonds. The number of rotatable bonds is 5. The predicted octanol–water partition coefficient (Wildman–Crippen LogP) is 2.55. The lowest BCUT2D eigenvalue weighted by atomic mass is 10.2. The molecule has 0 radical (unpaired) electrons. The van der Waals surface area contributed by atoms with Crippen molar-refractivity contribution in [3.05, 3.63) is 34.9 Å². The smallest absolute Gasteiger partial charge is 0.251 e. The normalized spacial score (nSPS) is 20.8. The van der Waals surface area contributed by atoms with Gasteiger partial charge >= 0.3 is 0 Å². The number of carbonyl (C=O) groups is 2. The quantitative estimate of drug-likeness (QED) is 0.818. The Kier molecular flexibility index (Phi) is 6.32. The van der Waals surface area contributed by atoms with Gasteiger partial charge in [-0.05, 0) is 56.5 Å². The zero-order valence-electron chi connectivity index (χ0n) is 14.5. The van der Waals surface area contributed by atoms with Gasteiger partial charge in [-0.25, -0.2) is 0 Å². The molecule has 2 aliphatic rings. The average Bonchev–Trinajstić information content (AvgIpc) is 2.95. The largest absolute Gasteiger partial charge is 0.352 e. The summed E-state index contributed by atoms with van der Waals surface area (Å²) < 4.78 is 0. The maximum absolute atomic E-state index is 12.5. The molecule has 0 bridgehead atoms. The van der Waals surface area contributed by atoms with Crippen molar-refractivity contribution < 1.29 is 9.59 Å². The molecule has 1 atom stereocenters. The highest BCUT2D eigenvalue weighted by molar-refractivity contribution is 6.30. The van der Waals surface area contributed by atoms with Gasteiger partial charge in [0.05, 0.1) is 0 Å². The molecule has 3 rings (SSSR count). The summed E-state index contributed by atoms with van der Waals surface area (Å²) in [6, 6.07) is 7.36. The third-order valence-electron chi connectivity index (χ3n) is 5.12. The molecule has 1 aromatic carbocycles. The Morgan fingerprint density at radius 3 is 2.68 bits per heavy atom. The number of hydrogen-bond acceptors (Lipinski definition) is 3. The van der Waals surface area contributed by atoms with E-state index >= 15 is 0 Å². The second kappa shape index (κ2) is 8.68. The van der Waals surface area contributed by atoms with Crippen LogP contribution in [0.15, 0.2) is 24.3 Å². The molecule has 1 aromatic rings. The number of halogens is 1. The van der Waals surface area contributed by atoms with Gasteiger partial charge in [0.2, 0.25) is 5.91 Å². The van der Waals surface area contributed by atoms with Crippen LogP contribution < -0.4 is 5.32 Å². The van der Waals surface area contributed by atoms with E-state index in [4.69, 9.17) is 11.6 Å². The summed E-state index contributed by atoms with van der Waals surface area (Å²) in [5.74, 6) is 0.0926. The fourth-order valence-corrected chi connectivity index (χ4v) is 3.86. The van der Waals surface area contributed by atoms with Crippen LogP contribution in [0.5, 0.6) is 0 Å². The second-order valence-electron chi connectivity index (χ2n) is 6.89. The van der Waals surface area contributed by atoms with E-state index < -0.39 is 0 Å². The molecular weight excluding hydrogens is 338 g/mol. The Labute approximate surface area is 154 Å². The standard InChI is InChI=1S/C19H26ClN3O2/c20-16-8-6-15(7-9-16)19(25)21-10-1-5-18(24)23-13-3-12-22-11-2-4-17(22)14-23/h6-9,17H,1-5,10-14H2,(H,21,25)/t17-/m0/s1. The molecule has 2 heterocycles. The van der Waals surface area contributed by atoms with Crippen LogP contribution in [-0.2, 0) is 4.79 Å². The lowest BCUT2D eigenvalue weighted by molar-refractivity contribution is -0.131. The summed E-state index contributed by atoms with van der Waals surface area (Å²) in [6.07, 6.45) is 4.69. The van der Waals surface area contributed by atoms with Gasteiger partial charge in [-0.2, -0.15) is 0 Å². The molecule has 0 unspecified atom stereocenters. The van der Waals surface area contributed by atoms with Crippen LogP contribution in [-0.4, -0.2) is 60.4 Å². The van der Waals surface area contributed by atoms with Crippen molar-refractivity contribution in [2.45, 2.75) is 38.1 Å². The van der Waals surface area contributed by atoms with E-state index in [9.17, 15) is 9.59 Å². The first-order chi connectivity index (χ1) is 12.1. The van der Waals surface area contributed by atoms with Gasteiger partial charge in [0.15, 0.2) is 0 Å². The van der Waals surface area contributed by atoms with E-state index in [0.717, 1.165) is 26.1 Å². The van der Waals surface area contributed by atoms with Gasteiger partial charge in [-0.3, -0.25) is 14.5 Å². The predicted molar refractivity (Wildman–Crippen MR) is 98.8 cm³/mol. The third kappa shape index (κ3) is 4.95. The van der Waals surface area contributed by atoms with Gasteiger partial charge in [0.1, 0.15) is 0 Å². The summed E-state index contributed by atoms with van der Waals surface area (Å²) in [5, 5.41) is 3.48. The third-order valence-corrected chi connectivity index (χ3v) is 5.37. The Balaban J connectivity index is 1.38. The molecule has 25 heavy (non-hydrogen) atoms. The fraction of sp³-hybridized carbons (Fsp3) is 0.579. The molecular formula is C19H26ClN3O2. The monoisotopic (exact) mass is 363 g/mol. The van der Waals surface area contributed by atoms with Crippen molar-refractivity contribution in [2.75, 3.05) is 32.7 Å². The lowest BCUT2D eigenvalue weighted by Crippen LogP contribution is -2.39. The van der Waals surface area contributed by atoms with Crippen LogP contribution in [0.1, 0.15) is 42.5 Å². The van der Waals surface area contributed by atoms with E-state index in [1.807, 2.05) is 4.90 Å². The minimum atomic E-state index is -0.125. The highest BCUT2D eigenvalue weighted by Crippen LogP contribution is 2.21.